The summed E-state index contributed by atoms with van der Waals surface area (Å²) in [6.45, 7) is 3.19. The average Bonchev–Trinajstić information content (AvgIpc) is 2.73. The number of carbonyl (C=O) groups excluding carboxylic acids is 3. The van der Waals surface area contributed by atoms with Crippen molar-refractivity contribution in [2.75, 3.05) is 25.1 Å². The van der Waals surface area contributed by atoms with Crippen LogP contribution in [0.5, 0.6) is 11.5 Å². The normalized spacial score (nSPS) is 11.1. The predicted molar refractivity (Wildman–Crippen MR) is 107 cm³/mol. The molecule has 0 bridgehead atoms. The summed E-state index contributed by atoms with van der Waals surface area (Å²) in [5.74, 6) is -0.452. The van der Waals surface area contributed by atoms with E-state index in [1.54, 1.807) is 48.5 Å². The van der Waals surface area contributed by atoms with Crippen molar-refractivity contribution in [1.29, 1.82) is 0 Å². The Kier molecular flexibility index (Phi) is 8.50. The first-order valence-electron chi connectivity index (χ1n) is 9.14. The molecular formula is C21H24N2O6. The predicted octanol–water partition coefficient (Wildman–Crippen LogP) is 2.15. The van der Waals surface area contributed by atoms with Gasteiger partial charge in [-0.05, 0) is 50.2 Å². The van der Waals surface area contributed by atoms with Crippen LogP contribution in [0.2, 0.25) is 0 Å². The highest BCUT2D eigenvalue weighted by Gasteiger charge is 2.18. The number of carbonyl (C=O) groups is 3. The molecule has 0 spiro atoms. The van der Waals surface area contributed by atoms with Gasteiger partial charge in [-0.15, -0.1) is 0 Å². The first-order chi connectivity index (χ1) is 14.0. The second-order valence-corrected chi connectivity index (χ2v) is 6.00. The molecule has 0 fully saturated rings. The maximum absolute atomic E-state index is 12.0. The first-order valence-corrected chi connectivity index (χ1v) is 9.14. The summed E-state index contributed by atoms with van der Waals surface area (Å²) in [7, 11) is 0. The van der Waals surface area contributed by atoms with E-state index in [1.165, 1.54) is 6.92 Å². The highest BCUT2D eigenvalue weighted by atomic mass is 16.5. The van der Waals surface area contributed by atoms with Crippen molar-refractivity contribution in [3.63, 3.8) is 0 Å². The van der Waals surface area contributed by atoms with E-state index in [-0.39, 0.29) is 6.61 Å². The van der Waals surface area contributed by atoms with Crippen LogP contribution in [0.1, 0.15) is 13.8 Å². The minimum absolute atomic E-state index is 0.236. The van der Waals surface area contributed by atoms with Gasteiger partial charge in [0.05, 0.1) is 6.61 Å². The quantitative estimate of drug-likeness (QED) is 0.593. The van der Waals surface area contributed by atoms with Gasteiger partial charge in [-0.3, -0.25) is 9.59 Å². The molecule has 0 aliphatic carbocycles. The van der Waals surface area contributed by atoms with E-state index in [1.807, 2.05) is 13.0 Å². The molecule has 0 saturated heterocycles. The number of ether oxygens (including phenoxy) is 3. The van der Waals surface area contributed by atoms with Crippen molar-refractivity contribution >= 4 is 23.5 Å². The number of para-hydroxylation sites is 1. The number of hydrogen-bond donors (Lipinski definition) is 2. The van der Waals surface area contributed by atoms with Gasteiger partial charge in [0, 0.05) is 5.69 Å². The molecule has 8 heteroatoms. The number of benzene rings is 2. The topological polar surface area (TPSA) is 103 Å². The molecule has 0 saturated carbocycles. The van der Waals surface area contributed by atoms with Gasteiger partial charge >= 0.3 is 5.97 Å². The van der Waals surface area contributed by atoms with Crippen molar-refractivity contribution in [2.24, 2.45) is 0 Å². The van der Waals surface area contributed by atoms with Gasteiger partial charge in [0.2, 0.25) is 0 Å². The zero-order chi connectivity index (χ0) is 21.1. The van der Waals surface area contributed by atoms with Gasteiger partial charge in [0.25, 0.3) is 11.8 Å². The summed E-state index contributed by atoms with van der Waals surface area (Å²) in [6, 6.07) is 14.7. The van der Waals surface area contributed by atoms with Gasteiger partial charge in [-0.2, -0.15) is 0 Å². The average molecular weight is 400 g/mol. The molecule has 2 rings (SSSR count). The zero-order valence-electron chi connectivity index (χ0n) is 16.3. The summed E-state index contributed by atoms with van der Waals surface area (Å²) in [4.78, 5) is 35.7. The molecule has 2 aromatic rings. The molecule has 0 aromatic heterocycles. The van der Waals surface area contributed by atoms with Crippen LogP contribution in [0, 0.1) is 0 Å². The Bertz CT molecular complexity index is 808. The molecule has 0 aliphatic rings. The fourth-order valence-corrected chi connectivity index (χ4v) is 2.27. The van der Waals surface area contributed by atoms with Gasteiger partial charge in [0.1, 0.15) is 17.5 Å². The van der Waals surface area contributed by atoms with E-state index in [9.17, 15) is 14.4 Å². The van der Waals surface area contributed by atoms with Crippen LogP contribution in [-0.2, 0) is 19.1 Å². The fourth-order valence-electron chi connectivity index (χ4n) is 2.27. The molecule has 8 nitrogen and oxygen atoms in total. The summed E-state index contributed by atoms with van der Waals surface area (Å²) in [5.41, 5.74) is 0.550. The summed E-state index contributed by atoms with van der Waals surface area (Å²) >= 11 is 0. The minimum atomic E-state index is -0.917. The Hall–Kier alpha value is -3.55. The number of esters is 1. The van der Waals surface area contributed by atoms with Crippen molar-refractivity contribution in [3.8, 4) is 11.5 Å². The SMILES string of the molecule is CCOc1ccc(NC(=O)COC(=O)[C@H](C)NC(=O)COc2ccccc2)cc1. The largest absolute Gasteiger partial charge is 0.494 e. The van der Waals surface area contributed by atoms with Crippen molar-refractivity contribution in [3.05, 3.63) is 54.6 Å². The van der Waals surface area contributed by atoms with Crippen molar-refractivity contribution in [2.45, 2.75) is 19.9 Å². The Labute approximate surface area is 169 Å². The third-order valence-corrected chi connectivity index (χ3v) is 3.64. The molecule has 2 aromatic carbocycles. The van der Waals surface area contributed by atoms with E-state index in [0.29, 0.717) is 23.8 Å². The van der Waals surface area contributed by atoms with E-state index in [4.69, 9.17) is 14.2 Å². The highest BCUT2D eigenvalue weighted by molar-refractivity contribution is 5.93. The molecule has 0 radical (unpaired) electrons. The van der Waals surface area contributed by atoms with E-state index in [0.717, 1.165) is 0 Å². The Morgan fingerprint density at radius 1 is 0.862 bits per heavy atom. The minimum Gasteiger partial charge on any atom is -0.494 e. The smallest absolute Gasteiger partial charge is 0.328 e. The van der Waals surface area contributed by atoms with Crippen LogP contribution in [-0.4, -0.2) is 43.6 Å². The number of anilines is 1. The lowest BCUT2D eigenvalue weighted by Gasteiger charge is -2.14. The fraction of sp³-hybridized carbons (Fsp3) is 0.286. The van der Waals surface area contributed by atoms with E-state index >= 15 is 0 Å². The number of rotatable bonds is 10. The molecule has 154 valence electrons. The third-order valence-electron chi connectivity index (χ3n) is 3.64. The Morgan fingerprint density at radius 3 is 2.17 bits per heavy atom. The first kappa shape index (κ1) is 21.7. The summed E-state index contributed by atoms with van der Waals surface area (Å²) in [5, 5.41) is 5.06. The van der Waals surface area contributed by atoms with Crippen LogP contribution in [0.25, 0.3) is 0 Å². The lowest BCUT2D eigenvalue weighted by atomic mass is 10.3. The number of hydrogen-bond acceptors (Lipinski definition) is 6. The molecule has 1 atom stereocenters. The summed E-state index contributed by atoms with van der Waals surface area (Å²) < 4.78 is 15.6. The Balaban J connectivity index is 1.68. The molecular weight excluding hydrogens is 376 g/mol. The molecule has 0 heterocycles. The van der Waals surface area contributed by atoms with Crippen LogP contribution in [0.3, 0.4) is 0 Å². The number of nitrogens with one attached hydrogen (secondary N) is 2. The van der Waals surface area contributed by atoms with E-state index in [2.05, 4.69) is 10.6 Å². The zero-order valence-corrected chi connectivity index (χ0v) is 16.3. The molecule has 2 amide bonds. The maximum Gasteiger partial charge on any atom is 0.328 e. The van der Waals surface area contributed by atoms with Crippen LogP contribution in [0.15, 0.2) is 54.6 Å². The highest BCUT2D eigenvalue weighted by Crippen LogP contribution is 2.15. The molecule has 2 N–H and O–H groups in total. The lowest BCUT2D eigenvalue weighted by Crippen LogP contribution is -2.42. The Morgan fingerprint density at radius 2 is 1.52 bits per heavy atom. The van der Waals surface area contributed by atoms with Gasteiger partial charge in [-0.1, -0.05) is 18.2 Å². The molecule has 0 unspecified atom stereocenters. The van der Waals surface area contributed by atoms with E-state index < -0.39 is 30.4 Å². The van der Waals surface area contributed by atoms with Gasteiger partial charge in [0.15, 0.2) is 13.2 Å². The molecule has 29 heavy (non-hydrogen) atoms. The third kappa shape index (κ3) is 7.92. The van der Waals surface area contributed by atoms with Crippen molar-refractivity contribution in [1.82, 2.24) is 5.32 Å². The van der Waals surface area contributed by atoms with Crippen LogP contribution >= 0.6 is 0 Å². The lowest BCUT2D eigenvalue weighted by molar-refractivity contribution is -0.150. The second-order valence-electron chi connectivity index (χ2n) is 6.00. The van der Waals surface area contributed by atoms with Crippen molar-refractivity contribution < 1.29 is 28.6 Å². The maximum atomic E-state index is 12.0. The van der Waals surface area contributed by atoms with Gasteiger partial charge in [-0.25, -0.2) is 4.79 Å². The van der Waals surface area contributed by atoms with Gasteiger partial charge < -0.3 is 24.8 Å². The monoisotopic (exact) mass is 400 g/mol. The number of amides is 2. The second kappa shape index (κ2) is 11.3. The van der Waals surface area contributed by atoms with Crippen LogP contribution in [0.4, 0.5) is 5.69 Å². The summed E-state index contributed by atoms with van der Waals surface area (Å²) in [6.07, 6.45) is 0. The standard InChI is InChI=1S/C21H24N2O6/c1-3-27-18-11-9-16(10-12-18)23-20(25)14-29-21(26)15(2)22-19(24)13-28-17-7-5-4-6-8-17/h4-12,15H,3,13-14H2,1-2H3,(H,22,24)(H,23,25)/t15-/m0/s1. The molecule has 0 aliphatic heterocycles. The van der Waals surface area contributed by atoms with Crippen LogP contribution < -0.4 is 20.1 Å².